The minimum Gasteiger partial charge on any atom is -0.456 e. The van der Waals surface area contributed by atoms with E-state index in [1.165, 1.54) is 38.2 Å². The second-order valence-corrected chi connectivity index (χ2v) is 15.5. The van der Waals surface area contributed by atoms with Gasteiger partial charge in [-0.2, -0.15) is 0 Å². The highest BCUT2D eigenvalue weighted by Gasteiger charge is 2.23. The van der Waals surface area contributed by atoms with Gasteiger partial charge in [-0.3, -0.25) is 0 Å². The Kier molecular flexibility index (Phi) is 6.72. The number of rotatable bonds is 4. The maximum atomic E-state index is 6.32. The van der Waals surface area contributed by atoms with Gasteiger partial charge in [-0.15, -0.1) is 0 Å². The summed E-state index contributed by atoms with van der Waals surface area (Å²) in [5.41, 5.74) is 14.7. The van der Waals surface area contributed by atoms with Crippen LogP contribution >= 0.6 is 0 Å². The van der Waals surface area contributed by atoms with Gasteiger partial charge in [-0.05, 0) is 121 Å². The molecule has 0 saturated heterocycles. The summed E-state index contributed by atoms with van der Waals surface area (Å²) >= 11 is 0. The molecule has 0 atom stereocenters. The molecule has 59 heavy (non-hydrogen) atoms. The van der Waals surface area contributed by atoms with Gasteiger partial charge in [0, 0.05) is 32.3 Å². The van der Waals surface area contributed by atoms with Crippen molar-refractivity contribution in [3.05, 3.63) is 194 Å². The van der Waals surface area contributed by atoms with Gasteiger partial charge in [0.2, 0.25) is 0 Å². The highest BCUT2D eigenvalue weighted by molar-refractivity contribution is 6.25. The lowest BCUT2D eigenvalue weighted by Gasteiger charge is -2.22. The summed E-state index contributed by atoms with van der Waals surface area (Å²) in [6, 6.07) is 69.5. The summed E-state index contributed by atoms with van der Waals surface area (Å²) in [7, 11) is 0. The smallest absolute Gasteiger partial charge is 0.135 e. The van der Waals surface area contributed by atoms with Crippen LogP contribution in [0.2, 0.25) is 0 Å². The van der Waals surface area contributed by atoms with E-state index in [1.54, 1.807) is 0 Å². The standard InChI is InChI=1S/C56H32O3/c1-3-17-43-41(15-1)54(35-26-29-53-47(32-35)40-14-7-10-23-50(40)59-53)42-16-2-4-18-44(42)56(43)55-36(33-24-27-51-45(30-33)38-12-5-8-21-48(38)57-51)19-11-20-37(55)34-25-28-52-46(31-34)39-13-6-9-22-49(39)58-52/h1-32H. The van der Waals surface area contributed by atoms with Crippen LogP contribution in [0.25, 0.3) is 132 Å². The van der Waals surface area contributed by atoms with E-state index in [4.69, 9.17) is 13.3 Å². The first-order valence-electron chi connectivity index (χ1n) is 20.1. The van der Waals surface area contributed by atoms with Crippen LogP contribution in [0.3, 0.4) is 0 Å². The van der Waals surface area contributed by atoms with Crippen LogP contribution in [0.5, 0.6) is 0 Å². The molecular weight excluding hydrogens is 721 g/mol. The van der Waals surface area contributed by atoms with Crippen molar-refractivity contribution in [3.63, 3.8) is 0 Å². The number of fused-ring (bicyclic) bond motifs is 11. The van der Waals surface area contributed by atoms with Crippen molar-refractivity contribution >= 4 is 87.4 Å². The summed E-state index contributed by atoms with van der Waals surface area (Å²) in [5.74, 6) is 0. The van der Waals surface area contributed by atoms with Gasteiger partial charge in [0.25, 0.3) is 0 Å². The predicted molar refractivity (Wildman–Crippen MR) is 245 cm³/mol. The summed E-state index contributed by atoms with van der Waals surface area (Å²) in [5, 5.41) is 11.5. The van der Waals surface area contributed by atoms with Crippen LogP contribution in [0, 0.1) is 0 Å². The topological polar surface area (TPSA) is 39.4 Å². The second-order valence-electron chi connectivity index (χ2n) is 15.5. The Hall–Kier alpha value is -7.88. The van der Waals surface area contributed by atoms with Crippen molar-refractivity contribution in [3.8, 4) is 44.5 Å². The fourth-order valence-corrected chi connectivity index (χ4v) is 9.68. The summed E-state index contributed by atoms with van der Waals surface area (Å²) in [4.78, 5) is 0. The zero-order chi connectivity index (χ0) is 38.6. The Bertz CT molecular complexity index is 3670. The highest BCUT2D eigenvalue weighted by atomic mass is 16.3. The quantitative estimate of drug-likeness (QED) is 0.168. The lowest BCUT2D eigenvalue weighted by molar-refractivity contribution is 0.668. The molecule has 0 aliphatic heterocycles. The number of hydrogen-bond acceptors (Lipinski definition) is 3. The van der Waals surface area contributed by atoms with E-state index >= 15 is 0 Å². The zero-order valence-electron chi connectivity index (χ0n) is 31.7. The van der Waals surface area contributed by atoms with Crippen molar-refractivity contribution in [2.75, 3.05) is 0 Å². The van der Waals surface area contributed by atoms with Gasteiger partial charge in [0.05, 0.1) is 0 Å². The van der Waals surface area contributed by atoms with E-state index in [0.29, 0.717) is 0 Å². The number of furan rings is 3. The van der Waals surface area contributed by atoms with E-state index < -0.39 is 0 Å². The molecule has 3 aromatic heterocycles. The molecule has 274 valence electrons. The normalized spacial score (nSPS) is 12.1. The Morgan fingerprint density at radius 1 is 0.203 bits per heavy atom. The van der Waals surface area contributed by atoms with Crippen LogP contribution in [0.1, 0.15) is 0 Å². The molecule has 0 spiro atoms. The molecule has 0 fully saturated rings. The van der Waals surface area contributed by atoms with Crippen LogP contribution in [0.15, 0.2) is 207 Å². The number of para-hydroxylation sites is 3. The molecular formula is C56H32O3. The molecule has 0 radical (unpaired) electrons. The largest absolute Gasteiger partial charge is 0.456 e. The van der Waals surface area contributed by atoms with Crippen molar-refractivity contribution < 1.29 is 13.3 Å². The van der Waals surface area contributed by atoms with Gasteiger partial charge in [-0.1, -0.05) is 140 Å². The van der Waals surface area contributed by atoms with E-state index in [0.717, 1.165) is 93.6 Å². The van der Waals surface area contributed by atoms with E-state index in [2.05, 4.69) is 158 Å². The third-order valence-electron chi connectivity index (χ3n) is 12.3. The molecule has 3 heterocycles. The molecule has 0 bridgehead atoms. The third kappa shape index (κ3) is 4.76. The molecule has 0 saturated carbocycles. The average molecular weight is 753 g/mol. The average Bonchev–Trinajstić information content (AvgIpc) is 3.98. The first-order chi connectivity index (χ1) is 29.2. The zero-order valence-corrected chi connectivity index (χ0v) is 31.7. The Labute approximate surface area is 337 Å². The molecule has 10 aromatic carbocycles. The maximum absolute atomic E-state index is 6.32. The Balaban J connectivity index is 1.15. The molecule has 0 aliphatic carbocycles. The highest BCUT2D eigenvalue weighted by Crippen LogP contribution is 2.50. The maximum Gasteiger partial charge on any atom is 0.135 e. The molecule has 13 aromatic rings. The molecule has 0 amide bonds. The first kappa shape index (κ1) is 32.2. The fraction of sp³-hybridized carbons (Fsp3) is 0. The van der Waals surface area contributed by atoms with Crippen molar-refractivity contribution in [1.82, 2.24) is 0 Å². The molecule has 0 N–H and O–H groups in total. The van der Waals surface area contributed by atoms with Gasteiger partial charge < -0.3 is 13.3 Å². The summed E-state index contributed by atoms with van der Waals surface area (Å²) in [6.45, 7) is 0. The van der Waals surface area contributed by atoms with Crippen LogP contribution in [0.4, 0.5) is 0 Å². The fourth-order valence-electron chi connectivity index (χ4n) is 9.68. The summed E-state index contributed by atoms with van der Waals surface area (Å²) < 4.78 is 18.9. The Morgan fingerprint density at radius 2 is 0.525 bits per heavy atom. The molecule has 3 nitrogen and oxygen atoms in total. The SMILES string of the molecule is c1cc(-c2ccc3oc4ccccc4c3c2)c(-c2c3ccccc3c(-c3ccc4oc5ccccc5c4c3)c3ccccc23)c(-c2ccc3oc4ccccc4c3c2)c1. The first-order valence-corrected chi connectivity index (χ1v) is 20.1. The van der Waals surface area contributed by atoms with E-state index in [9.17, 15) is 0 Å². The van der Waals surface area contributed by atoms with Crippen molar-refractivity contribution in [1.29, 1.82) is 0 Å². The molecule has 0 aliphatic rings. The molecule has 3 heteroatoms. The van der Waals surface area contributed by atoms with Crippen LogP contribution < -0.4 is 0 Å². The second kappa shape index (κ2) is 12.3. The van der Waals surface area contributed by atoms with E-state index in [-0.39, 0.29) is 0 Å². The Morgan fingerprint density at radius 3 is 0.949 bits per heavy atom. The lowest BCUT2D eigenvalue weighted by Crippen LogP contribution is -1.95. The molecule has 0 unspecified atom stereocenters. The molecule has 13 rings (SSSR count). The van der Waals surface area contributed by atoms with Crippen LogP contribution in [-0.2, 0) is 0 Å². The lowest BCUT2D eigenvalue weighted by atomic mass is 9.80. The van der Waals surface area contributed by atoms with Gasteiger partial charge in [0.1, 0.15) is 33.5 Å². The van der Waals surface area contributed by atoms with Gasteiger partial charge in [-0.25, -0.2) is 0 Å². The minimum atomic E-state index is 0.882. The number of hydrogen-bond donors (Lipinski definition) is 0. The monoisotopic (exact) mass is 752 g/mol. The minimum absolute atomic E-state index is 0.882. The van der Waals surface area contributed by atoms with Crippen molar-refractivity contribution in [2.24, 2.45) is 0 Å². The third-order valence-corrected chi connectivity index (χ3v) is 12.3. The van der Waals surface area contributed by atoms with Gasteiger partial charge >= 0.3 is 0 Å². The van der Waals surface area contributed by atoms with Gasteiger partial charge in [0.15, 0.2) is 0 Å². The predicted octanol–water partition coefficient (Wildman–Crippen LogP) is 16.4. The van der Waals surface area contributed by atoms with E-state index in [1.807, 2.05) is 36.4 Å². The van der Waals surface area contributed by atoms with Crippen LogP contribution in [-0.4, -0.2) is 0 Å². The van der Waals surface area contributed by atoms with Crippen molar-refractivity contribution in [2.45, 2.75) is 0 Å². The summed E-state index contributed by atoms with van der Waals surface area (Å²) in [6.07, 6.45) is 0. The number of benzene rings is 10.